The van der Waals surface area contributed by atoms with Crippen LogP contribution in [0.4, 0.5) is 17.6 Å². The standard InChI is InChI=1S/C42H55F4N9O4/c1-8-25(3)34(37(57)47-20-13-21-54-24-55(53-52-54)40(5,6)7)50-39(59)41(19-18-32-29(23-41)28-15-12-16-30(36(28)48-32)42(44,45)46)51-38(58)35(26(4)9-2)49-33(56)22-27-14-10-11-17-31(27)43/h10-12,14-17,24-26,34-35,48H,8-9,13,18-23H2,1-7H3,(H3-,47,49,50,51,56,57,58,59)/p+1. The summed E-state index contributed by atoms with van der Waals surface area (Å²) in [6, 6.07) is 7.45. The van der Waals surface area contributed by atoms with Crippen molar-refractivity contribution < 1.29 is 41.4 Å². The zero-order chi connectivity index (χ0) is 43.3. The number of nitrogens with zero attached hydrogens (tertiary/aromatic N) is 4. The van der Waals surface area contributed by atoms with Crippen molar-refractivity contribution in [3.63, 3.8) is 0 Å². The van der Waals surface area contributed by atoms with Crippen molar-refractivity contribution in [2.45, 2.75) is 129 Å². The monoisotopic (exact) mass is 826 g/mol. The highest BCUT2D eigenvalue weighted by molar-refractivity contribution is 5.98. The Bertz CT molecular complexity index is 2140. The van der Waals surface area contributed by atoms with Gasteiger partial charge in [-0.1, -0.05) is 75.6 Å². The van der Waals surface area contributed by atoms with Crippen LogP contribution in [0.3, 0.4) is 0 Å². The number of carbonyl (C=O) groups is 4. The lowest BCUT2D eigenvalue weighted by Gasteiger charge is -2.39. The van der Waals surface area contributed by atoms with Crippen LogP contribution in [0.1, 0.15) is 96.5 Å². The van der Waals surface area contributed by atoms with Crippen molar-refractivity contribution in [1.29, 1.82) is 0 Å². The number of aromatic amines is 1. The molecule has 0 bridgehead atoms. The quantitative estimate of drug-likeness (QED) is 0.0618. The summed E-state index contributed by atoms with van der Waals surface area (Å²) >= 11 is 0. The van der Waals surface area contributed by atoms with Crippen LogP contribution in [-0.2, 0) is 56.7 Å². The summed E-state index contributed by atoms with van der Waals surface area (Å²) in [6.07, 6.45) is -1.84. The molecule has 0 saturated heterocycles. The van der Waals surface area contributed by atoms with Crippen LogP contribution < -0.4 is 25.9 Å². The first kappa shape index (κ1) is 44.7. The lowest BCUT2D eigenvalue weighted by Crippen LogP contribution is -2.67. The molecule has 4 aromatic rings. The Labute approximate surface area is 341 Å². The van der Waals surface area contributed by atoms with Crippen molar-refractivity contribution in [3.8, 4) is 0 Å². The molecule has 2 aromatic heterocycles. The third kappa shape index (κ3) is 10.5. The molecule has 0 saturated carbocycles. The number of aryl methyl sites for hydroxylation is 2. The van der Waals surface area contributed by atoms with Crippen LogP contribution in [0.2, 0.25) is 0 Å². The van der Waals surface area contributed by atoms with E-state index in [1.165, 1.54) is 30.3 Å². The second-order valence-corrected chi connectivity index (χ2v) is 16.7. The number of aromatic nitrogens is 5. The molecule has 1 aliphatic rings. The van der Waals surface area contributed by atoms with Crippen LogP contribution in [-0.4, -0.2) is 67.9 Å². The second kappa shape index (κ2) is 18.3. The van der Waals surface area contributed by atoms with Gasteiger partial charge < -0.3 is 26.3 Å². The Hall–Kier alpha value is -5.35. The van der Waals surface area contributed by atoms with Crippen molar-refractivity contribution in [3.05, 3.63) is 77.0 Å². The minimum absolute atomic E-state index is 0.0243. The molecule has 13 nitrogen and oxygen atoms in total. The molecule has 1 aliphatic carbocycles. The second-order valence-electron chi connectivity index (χ2n) is 16.7. The third-order valence-electron chi connectivity index (χ3n) is 11.4. The number of carbonyl (C=O) groups excluding carboxylic acids is 4. The molecular formula is C42H56F4N9O4+. The molecule has 17 heteroatoms. The fourth-order valence-electron chi connectivity index (χ4n) is 7.34. The van der Waals surface area contributed by atoms with Gasteiger partial charge in [0.1, 0.15) is 34.2 Å². The van der Waals surface area contributed by atoms with Gasteiger partial charge in [0.25, 0.3) is 0 Å². The number of hydrogen-bond donors (Lipinski definition) is 5. The number of H-pyrrole nitrogens is 1. The molecule has 0 fully saturated rings. The van der Waals surface area contributed by atoms with E-state index in [9.17, 15) is 36.7 Å². The Morgan fingerprint density at radius 2 is 1.63 bits per heavy atom. The number of tetrazole rings is 1. The van der Waals surface area contributed by atoms with Crippen molar-refractivity contribution in [2.24, 2.45) is 11.8 Å². The average Bonchev–Trinajstić information content (AvgIpc) is 3.82. The summed E-state index contributed by atoms with van der Waals surface area (Å²) in [6.45, 7) is 14.0. The molecule has 0 spiro atoms. The Morgan fingerprint density at radius 3 is 2.25 bits per heavy atom. The summed E-state index contributed by atoms with van der Waals surface area (Å²) in [5.41, 5.74) is -1.90. The van der Waals surface area contributed by atoms with E-state index in [4.69, 9.17) is 0 Å². The van der Waals surface area contributed by atoms with Crippen molar-refractivity contribution in [2.75, 3.05) is 6.54 Å². The van der Waals surface area contributed by atoms with E-state index in [2.05, 4.69) is 36.7 Å². The van der Waals surface area contributed by atoms with E-state index in [1.807, 2.05) is 41.5 Å². The molecule has 5 rings (SSSR count). The predicted octanol–water partition coefficient (Wildman–Crippen LogP) is 4.81. The third-order valence-corrected chi connectivity index (χ3v) is 11.4. The molecule has 2 heterocycles. The van der Waals surface area contributed by atoms with Gasteiger partial charge in [0.2, 0.25) is 30.0 Å². The number of para-hydroxylation sites is 1. The topological polar surface area (TPSA) is 167 Å². The molecule has 4 amide bonds. The molecule has 2 aromatic carbocycles. The van der Waals surface area contributed by atoms with Gasteiger partial charge >= 0.3 is 6.18 Å². The first-order chi connectivity index (χ1) is 27.8. The van der Waals surface area contributed by atoms with Gasteiger partial charge in [-0.2, -0.15) is 13.2 Å². The van der Waals surface area contributed by atoms with Crippen LogP contribution in [0.25, 0.3) is 10.9 Å². The van der Waals surface area contributed by atoms with Gasteiger partial charge in [0, 0.05) is 24.0 Å². The number of nitrogens with one attached hydrogen (secondary N) is 5. The summed E-state index contributed by atoms with van der Waals surface area (Å²) in [5.74, 6) is -3.78. The Balaban J connectivity index is 1.42. The average molecular weight is 827 g/mol. The van der Waals surface area contributed by atoms with Gasteiger partial charge in [0.15, 0.2) is 5.21 Å². The largest absolute Gasteiger partial charge is 0.418 e. The molecular weight excluding hydrogens is 771 g/mol. The maximum atomic E-state index is 14.8. The predicted molar refractivity (Wildman–Crippen MR) is 212 cm³/mol. The number of hydrogen-bond acceptors (Lipinski definition) is 6. The zero-order valence-corrected chi connectivity index (χ0v) is 34.7. The van der Waals surface area contributed by atoms with Crippen molar-refractivity contribution >= 4 is 34.5 Å². The summed E-state index contributed by atoms with van der Waals surface area (Å²) in [5, 5.41) is 20.0. The Morgan fingerprint density at radius 1 is 0.949 bits per heavy atom. The molecule has 0 aliphatic heterocycles. The molecule has 5 atom stereocenters. The summed E-state index contributed by atoms with van der Waals surface area (Å²) < 4.78 is 60.2. The van der Waals surface area contributed by atoms with E-state index < -0.39 is 64.7 Å². The molecule has 5 unspecified atom stereocenters. The van der Waals surface area contributed by atoms with E-state index in [-0.39, 0.29) is 60.2 Å². The molecule has 5 N–H and O–H groups in total. The fourth-order valence-corrected chi connectivity index (χ4v) is 7.34. The highest BCUT2D eigenvalue weighted by atomic mass is 19.4. The van der Waals surface area contributed by atoms with Gasteiger partial charge in [-0.05, 0) is 75.1 Å². The van der Waals surface area contributed by atoms with Gasteiger partial charge in [-0.15, -0.1) is 4.68 Å². The van der Waals surface area contributed by atoms with Gasteiger partial charge in [0.05, 0.1) is 24.0 Å². The fraction of sp³-hybridized carbons (Fsp3) is 0.548. The minimum atomic E-state index is -4.65. The number of amides is 4. The molecule has 0 radical (unpaired) electrons. The molecule has 59 heavy (non-hydrogen) atoms. The number of halogens is 4. The first-order valence-electron chi connectivity index (χ1n) is 20.2. The smallest absolute Gasteiger partial charge is 0.358 e. The van der Waals surface area contributed by atoms with Gasteiger partial charge in [-0.25, -0.2) is 4.39 Å². The maximum absolute atomic E-state index is 14.8. The van der Waals surface area contributed by atoms with E-state index in [0.717, 1.165) is 6.07 Å². The number of fused-ring (bicyclic) bond motifs is 3. The highest BCUT2D eigenvalue weighted by Crippen LogP contribution is 2.40. The maximum Gasteiger partial charge on any atom is 0.418 e. The lowest BCUT2D eigenvalue weighted by atomic mass is 9.78. The zero-order valence-electron chi connectivity index (χ0n) is 34.7. The minimum Gasteiger partial charge on any atom is -0.358 e. The van der Waals surface area contributed by atoms with Crippen LogP contribution in [0.15, 0.2) is 48.8 Å². The van der Waals surface area contributed by atoms with Gasteiger partial charge in [-0.3, -0.25) is 19.2 Å². The number of rotatable bonds is 16. The van der Waals surface area contributed by atoms with Crippen LogP contribution >= 0.6 is 0 Å². The highest BCUT2D eigenvalue weighted by Gasteiger charge is 2.47. The van der Waals surface area contributed by atoms with E-state index >= 15 is 0 Å². The summed E-state index contributed by atoms with van der Waals surface area (Å²) in [4.78, 5) is 59.2. The summed E-state index contributed by atoms with van der Waals surface area (Å²) in [7, 11) is 0. The SMILES string of the molecule is CCC(C)C(NC(=O)Cc1ccccc1F)C(=O)NC1(C(=O)NC(C(=O)NCCC[n+]2cn(C(C)(C)C)nn2)C(C)CC)CCc2[nH]c3c(C(F)(F)F)cccc3c2C1. The normalized spacial score (nSPS) is 17.7. The van der Waals surface area contributed by atoms with Crippen molar-refractivity contribution in [1.82, 2.24) is 41.4 Å². The van der Waals surface area contributed by atoms with Crippen LogP contribution in [0, 0.1) is 17.7 Å². The lowest BCUT2D eigenvalue weighted by molar-refractivity contribution is -0.755. The number of benzene rings is 2. The first-order valence-corrected chi connectivity index (χ1v) is 20.2. The van der Waals surface area contributed by atoms with E-state index in [1.54, 1.807) is 28.7 Å². The van der Waals surface area contributed by atoms with E-state index in [0.29, 0.717) is 37.1 Å². The molecule has 320 valence electrons. The Kier molecular flexibility index (Phi) is 13.9. The van der Waals surface area contributed by atoms with Crippen LogP contribution in [0.5, 0.6) is 0 Å². The number of alkyl halides is 3.